The first-order valence-corrected chi connectivity index (χ1v) is 14.0. The van der Waals surface area contributed by atoms with Crippen molar-refractivity contribution in [1.82, 2.24) is 5.43 Å². The average molecular weight is 580 g/mol. The maximum atomic E-state index is 13.5. The Balaban J connectivity index is 1.47. The number of aryl methyl sites for hydroxylation is 1. The second-order valence-corrected chi connectivity index (χ2v) is 10.8. The smallest absolute Gasteiger partial charge is 0.338 e. The number of anilines is 1. The van der Waals surface area contributed by atoms with Gasteiger partial charge in [0.05, 0.1) is 29.0 Å². The summed E-state index contributed by atoms with van der Waals surface area (Å²) in [5.41, 5.74) is 4.42. The Morgan fingerprint density at radius 2 is 1.75 bits per heavy atom. The van der Waals surface area contributed by atoms with Crippen LogP contribution in [0.15, 0.2) is 99.3 Å². The van der Waals surface area contributed by atoms with Gasteiger partial charge in [0.15, 0.2) is 0 Å². The normalized spacial score (nSPS) is 11.4. The SMILES string of the molecule is CCOC(=O)c1ccc(-c2ccc(/C=N\NC(=O)CN(c3ccc(Cl)cc3C)S(=O)(=O)c3ccccc3)o2)cc1. The highest BCUT2D eigenvalue weighted by Gasteiger charge is 2.28. The fourth-order valence-corrected chi connectivity index (χ4v) is 5.55. The summed E-state index contributed by atoms with van der Waals surface area (Å²) in [6.45, 7) is 3.22. The standard InChI is InChI=1S/C29H26ClN3O6S/c1-3-38-29(35)22-11-9-21(10-12-22)27-16-14-24(39-27)18-31-32-28(34)19-33(26-15-13-23(30)17-20(26)2)40(36,37)25-7-5-4-6-8-25/h4-18H,3,19H2,1-2H3,(H,32,34)/b31-18-. The Morgan fingerprint density at radius 1 is 1.02 bits per heavy atom. The minimum atomic E-state index is -4.07. The molecule has 9 nitrogen and oxygen atoms in total. The van der Waals surface area contributed by atoms with Crippen LogP contribution in [-0.4, -0.2) is 39.7 Å². The number of amides is 1. The second-order valence-electron chi connectivity index (χ2n) is 8.55. The van der Waals surface area contributed by atoms with E-state index in [4.69, 9.17) is 20.8 Å². The molecular weight excluding hydrogens is 554 g/mol. The maximum Gasteiger partial charge on any atom is 0.338 e. The fourth-order valence-electron chi connectivity index (χ4n) is 3.81. The van der Waals surface area contributed by atoms with Crippen molar-refractivity contribution >= 4 is 45.4 Å². The van der Waals surface area contributed by atoms with Crippen molar-refractivity contribution in [3.8, 4) is 11.3 Å². The summed E-state index contributed by atoms with van der Waals surface area (Å²) >= 11 is 6.06. The van der Waals surface area contributed by atoms with E-state index in [0.717, 1.165) is 9.87 Å². The number of nitrogens with zero attached hydrogens (tertiary/aromatic N) is 2. The largest absolute Gasteiger partial charge is 0.462 e. The van der Waals surface area contributed by atoms with E-state index in [-0.39, 0.29) is 4.90 Å². The van der Waals surface area contributed by atoms with Crippen LogP contribution in [0.3, 0.4) is 0 Å². The zero-order chi connectivity index (χ0) is 28.7. The van der Waals surface area contributed by atoms with Gasteiger partial charge in [0, 0.05) is 10.6 Å². The van der Waals surface area contributed by atoms with Gasteiger partial charge < -0.3 is 9.15 Å². The van der Waals surface area contributed by atoms with Crippen molar-refractivity contribution in [3.05, 3.63) is 107 Å². The van der Waals surface area contributed by atoms with Gasteiger partial charge in [-0.1, -0.05) is 41.9 Å². The predicted octanol–water partition coefficient (Wildman–Crippen LogP) is 5.43. The van der Waals surface area contributed by atoms with E-state index in [1.807, 2.05) is 0 Å². The second kappa shape index (κ2) is 12.6. The van der Waals surface area contributed by atoms with Crippen LogP contribution < -0.4 is 9.73 Å². The molecule has 1 heterocycles. The molecule has 1 aromatic heterocycles. The Labute approximate surface area is 237 Å². The van der Waals surface area contributed by atoms with E-state index in [9.17, 15) is 18.0 Å². The van der Waals surface area contributed by atoms with E-state index in [1.54, 1.807) is 86.6 Å². The van der Waals surface area contributed by atoms with Gasteiger partial charge in [-0.3, -0.25) is 9.10 Å². The number of halogens is 1. The van der Waals surface area contributed by atoms with E-state index >= 15 is 0 Å². The average Bonchev–Trinajstić information content (AvgIpc) is 3.42. The number of hydrogen-bond acceptors (Lipinski definition) is 7. The molecule has 0 radical (unpaired) electrons. The van der Waals surface area contributed by atoms with Crippen molar-refractivity contribution in [3.63, 3.8) is 0 Å². The van der Waals surface area contributed by atoms with Crippen LogP contribution in [-0.2, 0) is 19.6 Å². The minimum absolute atomic E-state index is 0.0408. The zero-order valence-corrected chi connectivity index (χ0v) is 23.3. The van der Waals surface area contributed by atoms with Gasteiger partial charge in [-0.05, 0) is 74.0 Å². The topological polar surface area (TPSA) is 118 Å². The molecule has 40 heavy (non-hydrogen) atoms. The first-order valence-electron chi connectivity index (χ1n) is 12.2. The maximum absolute atomic E-state index is 13.5. The third kappa shape index (κ3) is 6.77. The van der Waals surface area contributed by atoms with Crippen LogP contribution in [0.5, 0.6) is 0 Å². The van der Waals surface area contributed by atoms with Crippen LogP contribution in [0.25, 0.3) is 11.3 Å². The molecule has 3 aromatic carbocycles. The predicted molar refractivity (Wildman–Crippen MR) is 153 cm³/mol. The number of furan rings is 1. The highest BCUT2D eigenvalue weighted by molar-refractivity contribution is 7.92. The molecule has 1 N–H and O–H groups in total. The van der Waals surface area contributed by atoms with Gasteiger partial charge in [-0.25, -0.2) is 18.6 Å². The van der Waals surface area contributed by atoms with Crippen LogP contribution in [0.2, 0.25) is 5.02 Å². The number of hydrazone groups is 1. The van der Waals surface area contributed by atoms with E-state index < -0.39 is 28.4 Å². The lowest BCUT2D eigenvalue weighted by Gasteiger charge is -2.25. The first kappa shape index (κ1) is 28.6. The fraction of sp³-hybridized carbons (Fsp3) is 0.138. The number of carbonyl (C=O) groups excluding carboxylic acids is 2. The summed E-state index contributed by atoms with van der Waals surface area (Å²) in [5, 5.41) is 4.37. The molecule has 0 aliphatic carbocycles. The van der Waals surface area contributed by atoms with Crippen LogP contribution in [0.4, 0.5) is 5.69 Å². The van der Waals surface area contributed by atoms with Gasteiger partial charge in [-0.2, -0.15) is 5.10 Å². The van der Waals surface area contributed by atoms with Crippen LogP contribution in [0.1, 0.15) is 28.6 Å². The van der Waals surface area contributed by atoms with Gasteiger partial charge in [-0.15, -0.1) is 0 Å². The molecule has 0 fully saturated rings. The van der Waals surface area contributed by atoms with Crippen molar-refractivity contribution in [2.45, 2.75) is 18.7 Å². The summed E-state index contributed by atoms with van der Waals surface area (Å²) in [5.74, 6) is -0.182. The van der Waals surface area contributed by atoms with Crippen molar-refractivity contribution in [1.29, 1.82) is 0 Å². The molecule has 11 heteroatoms. The van der Waals surface area contributed by atoms with Crippen molar-refractivity contribution < 1.29 is 27.2 Å². The summed E-state index contributed by atoms with van der Waals surface area (Å²) in [6.07, 6.45) is 1.30. The lowest BCUT2D eigenvalue weighted by atomic mass is 10.1. The van der Waals surface area contributed by atoms with Gasteiger partial charge in [0.25, 0.3) is 15.9 Å². The lowest BCUT2D eigenvalue weighted by Crippen LogP contribution is -2.40. The number of nitrogens with one attached hydrogen (secondary N) is 1. The van der Waals surface area contributed by atoms with Crippen molar-refractivity contribution in [2.24, 2.45) is 5.10 Å². The highest BCUT2D eigenvalue weighted by Crippen LogP contribution is 2.29. The molecule has 0 saturated carbocycles. The molecule has 0 saturated heterocycles. The Hall–Kier alpha value is -4.41. The highest BCUT2D eigenvalue weighted by atomic mass is 35.5. The number of rotatable bonds is 10. The molecule has 1 amide bonds. The molecule has 0 aliphatic heterocycles. The Bertz CT molecular complexity index is 1630. The summed E-state index contributed by atoms with van der Waals surface area (Å²) in [4.78, 5) is 24.7. The molecule has 0 aliphatic rings. The third-order valence-corrected chi connectivity index (χ3v) is 7.74. The summed E-state index contributed by atoms with van der Waals surface area (Å²) in [6, 6.07) is 22.7. The van der Waals surface area contributed by atoms with E-state index in [1.165, 1.54) is 18.3 Å². The number of ether oxygens (including phenoxy) is 1. The van der Waals surface area contributed by atoms with Gasteiger partial charge in [0.2, 0.25) is 0 Å². The Kier molecular flexibility index (Phi) is 9.03. The molecule has 0 unspecified atom stereocenters. The van der Waals surface area contributed by atoms with Crippen molar-refractivity contribution in [2.75, 3.05) is 17.5 Å². The third-order valence-electron chi connectivity index (χ3n) is 5.73. The number of benzene rings is 3. The first-order chi connectivity index (χ1) is 19.2. The molecule has 4 rings (SSSR count). The molecule has 206 valence electrons. The van der Waals surface area contributed by atoms with E-state index in [2.05, 4.69) is 10.5 Å². The number of sulfonamides is 1. The number of esters is 1. The van der Waals surface area contributed by atoms with Crippen LogP contribution in [0, 0.1) is 6.92 Å². The van der Waals surface area contributed by atoms with Crippen LogP contribution >= 0.6 is 11.6 Å². The minimum Gasteiger partial charge on any atom is -0.462 e. The number of hydrogen-bond donors (Lipinski definition) is 1. The molecule has 0 atom stereocenters. The molecule has 0 bridgehead atoms. The summed E-state index contributed by atoms with van der Waals surface area (Å²) in [7, 11) is -4.07. The quantitative estimate of drug-likeness (QED) is 0.152. The Morgan fingerprint density at radius 3 is 2.42 bits per heavy atom. The van der Waals surface area contributed by atoms with E-state index in [0.29, 0.717) is 40.0 Å². The molecule has 4 aromatic rings. The zero-order valence-electron chi connectivity index (χ0n) is 21.7. The number of carbonyl (C=O) groups is 2. The summed E-state index contributed by atoms with van der Waals surface area (Å²) < 4.78 is 38.7. The molecular formula is C29H26ClN3O6S. The monoisotopic (exact) mass is 579 g/mol. The lowest BCUT2D eigenvalue weighted by molar-refractivity contribution is -0.119. The van der Waals surface area contributed by atoms with Gasteiger partial charge >= 0.3 is 5.97 Å². The molecule has 0 spiro atoms. The van der Waals surface area contributed by atoms with Gasteiger partial charge in [0.1, 0.15) is 18.1 Å².